The second kappa shape index (κ2) is 6.15. The van der Waals surface area contributed by atoms with Gasteiger partial charge in [-0.25, -0.2) is 0 Å². The summed E-state index contributed by atoms with van der Waals surface area (Å²) in [7, 11) is 0. The maximum Gasteiger partial charge on any atom is 0.0484 e. The maximum atomic E-state index is 5.82. The van der Waals surface area contributed by atoms with Crippen LogP contribution in [0.4, 0.5) is 11.4 Å². The molecule has 3 rings (SSSR count). The molecule has 0 spiro atoms. The van der Waals surface area contributed by atoms with Crippen LogP contribution >= 0.6 is 11.6 Å². The van der Waals surface area contributed by atoms with Crippen LogP contribution in [0.5, 0.6) is 0 Å². The third-order valence-corrected chi connectivity index (χ3v) is 3.93. The number of halogens is 1. The highest BCUT2D eigenvalue weighted by atomic mass is 35.5. The Morgan fingerprint density at radius 2 is 1.30 bits per heavy atom. The number of anilines is 2. The molecule has 2 heteroatoms. The van der Waals surface area contributed by atoms with Crippen LogP contribution in [0.2, 0.25) is 0 Å². The van der Waals surface area contributed by atoms with Crippen LogP contribution in [-0.4, -0.2) is 12.4 Å². The normalized spacial score (nSPS) is 12.8. The van der Waals surface area contributed by atoms with Crippen molar-refractivity contribution in [2.45, 2.75) is 12.8 Å². The number of benzene rings is 2. The first-order valence-electron chi connectivity index (χ1n) is 7.10. The fraction of sp³-hybridized carbons (Fsp3) is 0.222. The molecule has 20 heavy (non-hydrogen) atoms. The van der Waals surface area contributed by atoms with E-state index in [2.05, 4.69) is 65.6 Å². The number of alkyl halides is 1. The average molecular weight is 284 g/mol. The Balaban J connectivity index is 2.03. The van der Waals surface area contributed by atoms with Gasteiger partial charge in [0.2, 0.25) is 0 Å². The Labute approximate surface area is 125 Å². The van der Waals surface area contributed by atoms with Crippen LogP contribution in [0, 0.1) is 0 Å². The van der Waals surface area contributed by atoms with Crippen molar-refractivity contribution in [1.82, 2.24) is 0 Å². The summed E-state index contributed by atoms with van der Waals surface area (Å²) in [6.07, 6.45) is 6.56. The van der Waals surface area contributed by atoms with Gasteiger partial charge < -0.3 is 4.90 Å². The van der Waals surface area contributed by atoms with E-state index in [-0.39, 0.29) is 0 Å². The van der Waals surface area contributed by atoms with Crippen LogP contribution in [0.3, 0.4) is 0 Å². The number of hydrogen-bond donors (Lipinski definition) is 0. The number of fused-ring (bicyclic) bond motifs is 2. The van der Waals surface area contributed by atoms with E-state index in [9.17, 15) is 0 Å². The topological polar surface area (TPSA) is 3.24 Å². The molecule has 1 aliphatic rings. The lowest BCUT2D eigenvalue weighted by Crippen LogP contribution is -2.19. The van der Waals surface area contributed by atoms with Crippen molar-refractivity contribution in [3.05, 3.63) is 59.7 Å². The highest BCUT2D eigenvalue weighted by Gasteiger charge is 2.16. The summed E-state index contributed by atoms with van der Waals surface area (Å²) in [5, 5.41) is 0. The summed E-state index contributed by atoms with van der Waals surface area (Å²) in [4.78, 5) is 2.41. The van der Waals surface area contributed by atoms with E-state index in [0.717, 1.165) is 25.3 Å². The molecule has 0 radical (unpaired) electrons. The van der Waals surface area contributed by atoms with E-state index < -0.39 is 0 Å². The number of rotatable bonds is 4. The lowest BCUT2D eigenvalue weighted by Gasteiger charge is -2.26. The SMILES string of the molecule is ClCCCCN1c2ccccc2C=Cc2ccccc21. The molecule has 0 aliphatic carbocycles. The summed E-state index contributed by atoms with van der Waals surface area (Å²) in [5.74, 6) is 0.732. The zero-order chi connectivity index (χ0) is 13.8. The number of hydrogen-bond acceptors (Lipinski definition) is 1. The van der Waals surface area contributed by atoms with Crippen molar-refractivity contribution in [3.8, 4) is 0 Å². The molecule has 0 amide bonds. The van der Waals surface area contributed by atoms with Gasteiger partial charge in [0, 0.05) is 23.8 Å². The summed E-state index contributed by atoms with van der Waals surface area (Å²) in [5.41, 5.74) is 5.11. The molecule has 0 fully saturated rings. The fourth-order valence-electron chi connectivity index (χ4n) is 2.66. The molecule has 0 aromatic heterocycles. The first kappa shape index (κ1) is 13.3. The molecule has 0 unspecified atom stereocenters. The zero-order valence-electron chi connectivity index (χ0n) is 11.4. The van der Waals surface area contributed by atoms with E-state index in [4.69, 9.17) is 11.6 Å². The number of unbranched alkanes of at least 4 members (excludes halogenated alkanes) is 1. The molecule has 0 bridgehead atoms. The van der Waals surface area contributed by atoms with Crippen LogP contribution < -0.4 is 4.90 Å². The van der Waals surface area contributed by atoms with Crippen molar-refractivity contribution in [1.29, 1.82) is 0 Å². The Hall–Kier alpha value is -1.73. The van der Waals surface area contributed by atoms with Gasteiger partial charge >= 0.3 is 0 Å². The number of nitrogens with zero attached hydrogens (tertiary/aromatic N) is 1. The average Bonchev–Trinajstić information content (AvgIpc) is 2.66. The second-order valence-corrected chi connectivity index (χ2v) is 5.38. The predicted octanol–water partition coefficient (Wildman–Crippen LogP) is 5.33. The minimum Gasteiger partial charge on any atom is -0.341 e. The fourth-order valence-corrected chi connectivity index (χ4v) is 2.85. The molecule has 2 aromatic rings. The number of para-hydroxylation sites is 2. The summed E-state index contributed by atoms with van der Waals surface area (Å²) < 4.78 is 0. The first-order chi connectivity index (χ1) is 9.90. The Kier molecular flexibility index (Phi) is 4.08. The summed E-state index contributed by atoms with van der Waals surface area (Å²) in [6, 6.07) is 17.1. The maximum absolute atomic E-state index is 5.82. The predicted molar refractivity (Wildman–Crippen MR) is 88.8 cm³/mol. The Morgan fingerprint density at radius 1 is 0.750 bits per heavy atom. The second-order valence-electron chi connectivity index (χ2n) is 5.00. The van der Waals surface area contributed by atoms with Crippen molar-refractivity contribution < 1.29 is 0 Å². The molecule has 0 N–H and O–H groups in total. The monoisotopic (exact) mass is 283 g/mol. The van der Waals surface area contributed by atoms with E-state index >= 15 is 0 Å². The van der Waals surface area contributed by atoms with Gasteiger partial charge in [-0.2, -0.15) is 0 Å². The lowest BCUT2D eigenvalue weighted by atomic mass is 10.1. The summed E-state index contributed by atoms with van der Waals surface area (Å²) >= 11 is 5.82. The molecule has 0 atom stereocenters. The van der Waals surface area contributed by atoms with Crippen molar-refractivity contribution >= 4 is 35.1 Å². The molecule has 102 valence electrons. The highest BCUT2D eigenvalue weighted by molar-refractivity contribution is 6.17. The largest absolute Gasteiger partial charge is 0.341 e. The summed E-state index contributed by atoms with van der Waals surface area (Å²) in [6.45, 7) is 1.00. The minimum atomic E-state index is 0.732. The highest BCUT2D eigenvalue weighted by Crippen LogP contribution is 2.36. The van der Waals surface area contributed by atoms with Gasteiger partial charge in [0.25, 0.3) is 0 Å². The quantitative estimate of drug-likeness (QED) is 0.542. The van der Waals surface area contributed by atoms with Crippen LogP contribution in [0.15, 0.2) is 48.5 Å². The zero-order valence-corrected chi connectivity index (χ0v) is 12.2. The van der Waals surface area contributed by atoms with E-state index in [1.807, 2.05) is 0 Å². The van der Waals surface area contributed by atoms with Crippen LogP contribution in [-0.2, 0) is 0 Å². The van der Waals surface area contributed by atoms with Crippen molar-refractivity contribution in [3.63, 3.8) is 0 Å². The molecular formula is C18H18ClN. The van der Waals surface area contributed by atoms with E-state index in [1.165, 1.54) is 22.5 Å². The Bertz CT molecular complexity index is 569. The van der Waals surface area contributed by atoms with Gasteiger partial charge in [0.15, 0.2) is 0 Å². The molecule has 1 heterocycles. The van der Waals surface area contributed by atoms with Gasteiger partial charge in [0.05, 0.1) is 0 Å². The third-order valence-electron chi connectivity index (χ3n) is 3.66. The lowest BCUT2D eigenvalue weighted by molar-refractivity contribution is 0.789. The van der Waals surface area contributed by atoms with Gasteiger partial charge in [-0.05, 0) is 36.1 Å². The molecule has 1 aliphatic heterocycles. The van der Waals surface area contributed by atoms with E-state index in [1.54, 1.807) is 0 Å². The molecule has 2 aromatic carbocycles. The Morgan fingerprint density at radius 3 is 1.85 bits per heavy atom. The smallest absolute Gasteiger partial charge is 0.0484 e. The van der Waals surface area contributed by atoms with Crippen LogP contribution in [0.25, 0.3) is 12.2 Å². The first-order valence-corrected chi connectivity index (χ1v) is 7.63. The van der Waals surface area contributed by atoms with Gasteiger partial charge in [0.1, 0.15) is 0 Å². The molecule has 1 nitrogen and oxygen atoms in total. The van der Waals surface area contributed by atoms with Crippen LogP contribution in [0.1, 0.15) is 24.0 Å². The molecule has 0 saturated heterocycles. The standard InChI is InChI=1S/C18H18ClN/c19-13-5-6-14-20-17-9-3-1-7-15(17)11-12-16-8-2-4-10-18(16)20/h1-4,7-12H,5-6,13-14H2. The van der Waals surface area contributed by atoms with Gasteiger partial charge in [-0.3, -0.25) is 0 Å². The van der Waals surface area contributed by atoms with Crippen molar-refractivity contribution in [2.24, 2.45) is 0 Å². The van der Waals surface area contributed by atoms with E-state index in [0.29, 0.717) is 0 Å². The third kappa shape index (κ3) is 2.59. The van der Waals surface area contributed by atoms with Gasteiger partial charge in [-0.1, -0.05) is 48.6 Å². The molecule has 0 saturated carbocycles. The minimum absolute atomic E-state index is 0.732. The van der Waals surface area contributed by atoms with Crippen molar-refractivity contribution in [2.75, 3.05) is 17.3 Å². The molecular weight excluding hydrogens is 266 g/mol. The van der Waals surface area contributed by atoms with Gasteiger partial charge in [-0.15, -0.1) is 11.6 Å².